The van der Waals surface area contributed by atoms with Crippen molar-refractivity contribution in [3.8, 4) is 11.5 Å². The summed E-state index contributed by atoms with van der Waals surface area (Å²) in [6.45, 7) is 2.29. The predicted octanol–water partition coefficient (Wildman–Crippen LogP) is 6.54. The number of aromatic nitrogens is 4. The molecular formula is C23H25F3N4S. The van der Waals surface area contributed by atoms with E-state index in [1.165, 1.54) is 62.9 Å². The summed E-state index contributed by atoms with van der Waals surface area (Å²) in [6.07, 6.45) is 3.48. The number of hydrogen-bond acceptors (Lipinski definition) is 4. The standard InChI is InChI=1S/C23H25F3N4S/c1-16-10-11-18(13-19(16)23(24,25)26)15-31-22-29-28-21(20-9-5-6-12-27-20)30(22)14-17-7-3-2-4-8-17/h5-6,9-13,17H,2-4,7-8,14-15H2,1H3. The Hall–Kier alpha value is -2.35. The summed E-state index contributed by atoms with van der Waals surface area (Å²) in [5, 5.41) is 9.48. The normalized spacial score (nSPS) is 15.4. The lowest BCUT2D eigenvalue weighted by molar-refractivity contribution is -0.138. The smallest absolute Gasteiger partial charge is 0.300 e. The summed E-state index contributed by atoms with van der Waals surface area (Å²) in [6, 6.07) is 10.2. The zero-order valence-electron chi connectivity index (χ0n) is 17.4. The third-order valence-corrected chi connectivity index (χ3v) is 6.79. The molecule has 31 heavy (non-hydrogen) atoms. The van der Waals surface area contributed by atoms with Gasteiger partial charge in [-0.1, -0.05) is 49.2 Å². The molecule has 164 valence electrons. The Morgan fingerprint density at radius 1 is 1.06 bits per heavy atom. The highest BCUT2D eigenvalue weighted by Gasteiger charge is 2.32. The number of pyridine rings is 1. The van der Waals surface area contributed by atoms with E-state index in [-0.39, 0.29) is 5.56 Å². The Morgan fingerprint density at radius 2 is 1.87 bits per heavy atom. The van der Waals surface area contributed by atoms with Crippen molar-refractivity contribution in [3.63, 3.8) is 0 Å². The molecule has 8 heteroatoms. The molecule has 0 amide bonds. The van der Waals surface area contributed by atoms with Crippen molar-refractivity contribution in [3.05, 3.63) is 59.3 Å². The highest BCUT2D eigenvalue weighted by Crippen LogP contribution is 2.34. The molecule has 1 fully saturated rings. The van der Waals surface area contributed by atoms with Crippen molar-refractivity contribution in [2.45, 2.75) is 62.7 Å². The monoisotopic (exact) mass is 446 g/mol. The van der Waals surface area contributed by atoms with Crippen LogP contribution in [0.5, 0.6) is 0 Å². The first-order valence-corrected chi connectivity index (χ1v) is 11.5. The highest BCUT2D eigenvalue weighted by molar-refractivity contribution is 7.98. The van der Waals surface area contributed by atoms with Crippen molar-refractivity contribution in [2.24, 2.45) is 5.92 Å². The molecule has 1 saturated carbocycles. The van der Waals surface area contributed by atoms with E-state index < -0.39 is 11.7 Å². The second-order valence-electron chi connectivity index (χ2n) is 8.07. The summed E-state index contributed by atoms with van der Waals surface area (Å²) >= 11 is 1.42. The van der Waals surface area contributed by atoms with Crippen LogP contribution in [0.2, 0.25) is 0 Å². The molecule has 1 aliphatic carbocycles. The SMILES string of the molecule is Cc1ccc(CSc2nnc(-c3ccccn3)n2CC2CCCCC2)cc1C(F)(F)F. The van der Waals surface area contributed by atoms with E-state index in [9.17, 15) is 13.2 Å². The van der Waals surface area contributed by atoms with E-state index in [4.69, 9.17) is 0 Å². The lowest BCUT2D eigenvalue weighted by Gasteiger charge is -2.23. The maximum atomic E-state index is 13.3. The largest absolute Gasteiger partial charge is 0.416 e. The average molecular weight is 447 g/mol. The van der Waals surface area contributed by atoms with Crippen LogP contribution in [0.25, 0.3) is 11.5 Å². The van der Waals surface area contributed by atoms with Gasteiger partial charge in [0.05, 0.1) is 5.56 Å². The van der Waals surface area contributed by atoms with Gasteiger partial charge >= 0.3 is 6.18 Å². The molecule has 1 aliphatic rings. The van der Waals surface area contributed by atoms with Crippen LogP contribution in [0.1, 0.15) is 48.8 Å². The molecule has 0 atom stereocenters. The third-order valence-electron chi connectivity index (χ3n) is 5.75. The quantitative estimate of drug-likeness (QED) is 0.403. The molecule has 0 N–H and O–H groups in total. The Kier molecular flexibility index (Phi) is 6.65. The van der Waals surface area contributed by atoms with Crippen LogP contribution in [0.4, 0.5) is 13.2 Å². The van der Waals surface area contributed by atoms with Crippen molar-refractivity contribution in [2.75, 3.05) is 0 Å². The Morgan fingerprint density at radius 3 is 2.58 bits per heavy atom. The fourth-order valence-electron chi connectivity index (χ4n) is 4.08. The van der Waals surface area contributed by atoms with Gasteiger partial charge in [-0.3, -0.25) is 4.98 Å². The second kappa shape index (κ2) is 9.42. The summed E-state index contributed by atoms with van der Waals surface area (Å²) < 4.78 is 41.9. The topological polar surface area (TPSA) is 43.6 Å². The van der Waals surface area contributed by atoms with Gasteiger partial charge in [-0.05, 0) is 55.0 Å². The van der Waals surface area contributed by atoms with Crippen LogP contribution < -0.4 is 0 Å². The number of aryl methyl sites for hydroxylation is 1. The molecule has 2 aromatic heterocycles. The third kappa shape index (κ3) is 5.29. The second-order valence-corrected chi connectivity index (χ2v) is 9.01. The maximum Gasteiger partial charge on any atom is 0.416 e. The van der Waals surface area contributed by atoms with E-state index in [2.05, 4.69) is 19.7 Å². The Bertz CT molecular complexity index is 1010. The first kappa shape index (κ1) is 21.9. The number of rotatable bonds is 6. The number of thioether (sulfide) groups is 1. The van der Waals surface area contributed by atoms with Gasteiger partial charge in [0.15, 0.2) is 11.0 Å². The number of benzene rings is 1. The molecule has 0 saturated heterocycles. The van der Waals surface area contributed by atoms with E-state index >= 15 is 0 Å². The van der Waals surface area contributed by atoms with Crippen LogP contribution in [0.3, 0.4) is 0 Å². The summed E-state index contributed by atoms with van der Waals surface area (Å²) in [4.78, 5) is 4.43. The molecule has 4 rings (SSSR count). The molecule has 3 aromatic rings. The van der Waals surface area contributed by atoms with Gasteiger partial charge in [-0.25, -0.2) is 0 Å². The van der Waals surface area contributed by atoms with Crippen LogP contribution in [0, 0.1) is 12.8 Å². The van der Waals surface area contributed by atoms with E-state index in [0.717, 1.165) is 17.4 Å². The van der Waals surface area contributed by atoms with Crippen LogP contribution >= 0.6 is 11.8 Å². The van der Waals surface area contributed by atoms with Crippen molar-refractivity contribution < 1.29 is 13.2 Å². The van der Waals surface area contributed by atoms with Gasteiger partial charge in [0, 0.05) is 18.5 Å². The fraction of sp³-hybridized carbons (Fsp3) is 0.435. The van der Waals surface area contributed by atoms with Gasteiger partial charge in [0.1, 0.15) is 5.69 Å². The lowest BCUT2D eigenvalue weighted by atomic mass is 9.89. The average Bonchev–Trinajstić information content (AvgIpc) is 3.16. The zero-order chi connectivity index (χ0) is 21.8. The number of hydrogen-bond donors (Lipinski definition) is 0. The zero-order valence-corrected chi connectivity index (χ0v) is 18.2. The Labute approximate surface area is 184 Å². The number of halogens is 3. The maximum absolute atomic E-state index is 13.3. The molecule has 2 heterocycles. The molecule has 0 spiro atoms. The minimum atomic E-state index is -4.35. The fourth-order valence-corrected chi connectivity index (χ4v) is 4.98. The summed E-state index contributed by atoms with van der Waals surface area (Å²) in [7, 11) is 0. The van der Waals surface area contributed by atoms with Gasteiger partial charge in [-0.15, -0.1) is 10.2 Å². The Balaban J connectivity index is 1.58. The minimum absolute atomic E-state index is 0.235. The summed E-state index contributed by atoms with van der Waals surface area (Å²) in [5.41, 5.74) is 1.03. The highest BCUT2D eigenvalue weighted by atomic mass is 32.2. The van der Waals surface area contributed by atoms with Crippen LogP contribution in [0.15, 0.2) is 47.8 Å². The van der Waals surface area contributed by atoms with Crippen molar-refractivity contribution in [1.82, 2.24) is 19.7 Å². The van der Waals surface area contributed by atoms with E-state index in [1.54, 1.807) is 12.3 Å². The van der Waals surface area contributed by atoms with E-state index in [1.807, 2.05) is 18.2 Å². The van der Waals surface area contributed by atoms with Gasteiger partial charge < -0.3 is 4.57 Å². The summed E-state index contributed by atoms with van der Waals surface area (Å²) in [5.74, 6) is 1.67. The first-order chi connectivity index (χ1) is 14.9. The molecule has 4 nitrogen and oxygen atoms in total. The van der Waals surface area contributed by atoms with Gasteiger partial charge in [0.25, 0.3) is 0 Å². The number of alkyl halides is 3. The molecule has 0 radical (unpaired) electrons. The van der Waals surface area contributed by atoms with Crippen LogP contribution in [-0.4, -0.2) is 19.7 Å². The lowest BCUT2D eigenvalue weighted by Crippen LogP contribution is -2.16. The van der Waals surface area contributed by atoms with Crippen molar-refractivity contribution in [1.29, 1.82) is 0 Å². The molecule has 0 bridgehead atoms. The predicted molar refractivity (Wildman–Crippen MR) is 116 cm³/mol. The van der Waals surface area contributed by atoms with Crippen molar-refractivity contribution >= 4 is 11.8 Å². The van der Waals surface area contributed by atoms with Gasteiger partial charge in [0.2, 0.25) is 0 Å². The van der Waals surface area contributed by atoms with Gasteiger partial charge in [-0.2, -0.15) is 13.2 Å². The molecule has 0 unspecified atom stereocenters. The molecular weight excluding hydrogens is 421 g/mol. The first-order valence-electron chi connectivity index (χ1n) is 10.6. The molecule has 1 aromatic carbocycles. The minimum Gasteiger partial charge on any atom is -0.300 e. The van der Waals surface area contributed by atoms with E-state index in [0.29, 0.717) is 23.1 Å². The number of nitrogens with zero attached hydrogens (tertiary/aromatic N) is 4. The molecule has 0 aliphatic heterocycles. The van der Waals surface area contributed by atoms with Crippen LogP contribution in [-0.2, 0) is 18.5 Å².